The molecule has 1 aliphatic heterocycles. The Morgan fingerprint density at radius 3 is 2.28 bits per heavy atom. The number of hydrogen-bond acceptors (Lipinski definition) is 3. The molecule has 0 radical (unpaired) electrons. The van der Waals surface area contributed by atoms with Gasteiger partial charge in [-0.3, -0.25) is 15.0 Å². The Kier molecular flexibility index (Phi) is 6.59. The van der Waals surface area contributed by atoms with E-state index in [0.717, 1.165) is 6.42 Å². The van der Waals surface area contributed by atoms with Crippen molar-refractivity contribution in [3.63, 3.8) is 0 Å². The number of benzene rings is 1. The van der Waals surface area contributed by atoms with Crippen LogP contribution in [0.2, 0.25) is 0 Å². The second-order valence-electron chi connectivity index (χ2n) is 7.67. The van der Waals surface area contributed by atoms with E-state index in [9.17, 15) is 9.59 Å². The zero-order valence-electron chi connectivity index (χ0n) is 16.0. The smallest absolute Gasteiger partial charge is 0.324 e. The van der Waals surface area contributed by atoms with E-state index in [1.807, 2.05) is 6.92 Å². The van der Waals surface area contributed by atoms with Crippen LogP contribution >= 0.6 is 0 Å². The number of amides is 3. The third-order valence-corrected chi connectivity index (χ3v) is 4.57. The first-order chi connectivity index (χ1) is 11.8. The lowest BCUT2D eigenvalue weighted by molar-refractivity contribution is -0.129. The van der Waals surface area contributed by atoms with Crippen LogP contribution in [-0.2, 0) is 11.2 Å². The minimum absolute atomic E-state index is 0.0673. The number of nitrogens with zero attached hydrogens (tertiary/aromatic N) is 1. The lowest BCUT2D eigenvalue weighted by Gasteiger charge is -2.28. The topological polar surface area (TPSA) is 61.4 Å². The first kappa shape index (κ1) is 19.4. The summed E-state index contributed by atoms with van der Waals surface area (Å²) in [7, 11) is 0. The lowest BCUT2D eigenvalue weighted by atomic mass is 9.93. The standard InChI is InChI=1S/C20H31N3O2/c1-13(2)12-16-6-8-17(9-7-16)18(14(3)4)22-15(5)19(24)23-11-10-21-20(23)25/h6-9,13-15,18,22H,10-12H2,1-5H3,(H,21,25)/t15-,18-/m1/s1. The van der Waals surface area contributed by atoms with Crippen LogP contribution in [0.5, 0.6) is 0 Å². The van der Waals surface area contributed by atoms with E-state index in [2.05, 4.69) is 62.6 Å². The average molecular weight is 345 g/mol. The van der Waals surface area contributed by atoms with Crippen LogP contribution in [0.15, 0.2) is 24.3 Å². The van der Waals surface area contributed by atoms with E-state index in [1.54, 1.807) is 0 Å². The highest BCUT2D eigenvalue weighted by Gasteiger charge is 2.31. The average Bonchev–Trinajstić information content (AvgIpc) is 2.97. The Hall–Kier alpha value is -1.88. The largest absolute Gasteiger partial charge is 0.336 e. The molecule has 5 nitrogen and oxygen atoms in total. The molecule has 138 valence electrons. The van der Waals surface area contributed by atoms with Gasteiger partial charge in [0.2, 0.25) is 5.91 Å². The van der Waals surface area contributed by atoms with Crippen LogP contribution in [0.4, 0.5) is 4.79 Å². The fourth-order valence-corrected chi connectivity index (χ4v) is 3.26. The first-order valence-electron chi connectivity index (χ1n) is 9.23. The van der Waals surface area contributed by atoms with Gasteiger partial charge < -0.3 is 5.32 Å². The number of urea groups is 1. The molecule has 0 bridgehead atoms. The normalized spacial score (nSPS) is 17.1. The van der Waals surface area contributed by atoms with Crippen molar-refractivity contribution in [2.75, 3.05) is 13.1 Å². The number of hydrogen-bond donors (Lipinski definition) is 2. The molecule has 2 atom stereocenters. The Morgan fingerprint density at radius 1 is 1.16 bits per heavy atom. The summed E-state index contributed by atoms with van der Waals surface area (Å²) in [5.74, 6) is 0.796. The van der Waals surface area contributed by atoms with Crippen LogP contribution in [0.3, 0.4) is 0 Å². The molecular formula is C20H31N3O2. The van der Waals surface area contributed by atoms with Crippen molar-refractivity contribution in [2.24, 2.45) is 11.8 Å². The highest BCUT2D eigenvalue weighted by Crippen LogP contribution is 2.23. The zero-order valence-corrected chi connectivity index (χ0v) is 16.0. The first-order valence-corrected chi connectivity index (χ1v) is 9.23. The van der Waals surface area contributed by atoms with E-state index < -0.39 is 6.04 Å². The molecule has 2 rings (SSSR count). The van der Waals surface area contributed by atoms with Gasteiger partial charge in [0.25, 0.3) is 0 Å². The van der Waals surface area contributed by atoms with Crippen molar-refractivity contribution in [1.29, 1.82) is 0 Å². The van der Waals surface area contributed by atoms with Crippen LogP contribution in [0.25, 0.3) is 0 Å². The highest BCUT2D eigenvalue weighted by atomic mass is 16.2. The molecule has 1 aliphatic rings. The molecule has 2 N–H and O–H groups in total. The van der Waals surface area contributed by atoms with Crippen LogP contribution in [-0.4, -0.2) is 36.0 Å². The van der Waals surface area contributed by atoms with Crippen LogP contribution < -0.4 is 10.6 Å². The fourth-order valence-electron chi connectivity index (χ4n) is 3.26. The predicted octanol–water partition coefficient (Wildman–Crippen LogP) is 3.11. The number of carbonyl (C=O) groups is 2. The molecule has 25 heavy (non-hydrogen) atoms. The molecule has 1 heterocycles. The quantitative estimate of drug-likeness (QED) is 0.798. The van der Waals surface area contributed by atoms with E-state index in [1.165, 1.54) is 16.0 Å². The predicted molar refractivity (Wildman–Crippen MR) is 100 cm³/mol. The summed E-state index contributed by atoms with van der Waals surface area (Å²) in [4.78, 5) is 25.5. The van der Waals surface area contributed by atoms with Crippen molar-refractivity contribution in [3.05, 3.63) is 35.4 Å². The Morgan fingerprint density at radius 2 is 1.80 bits per heavy atom. The number of carbonyl (C=O) groups excluding carboxylic acids is 2. The van der Waals surface area contributed by atoms with Gasteiger partial charge in [-0.2, -0.15) is 0 Å². The molecule has 0 saturated carbocycles. The van der Waals surface area contributed by atoms with Crippen molar-refractivity contribution in [1.82, 2.24) is 15.5 Å². The summed E-state index contributed by atoms with van der Waals surface area (Å²) in [6, 6.07) is 8.01. The minimum Gasteiger partial charge on any atom is -0.336 e. The van der Waals surface area contributed by atoms with E-state index >= 15 is 0 Å². The lowest BCUT2D eigenvalue weighted by Crippen LogP contribution is -2.47. The molecule has 0 aromatic heterocycles. The van der Waals surface area contributed by atoms with Crippen LogP contribution in [0, 0.1) is 11.8 Å². The van der Waals surface area contributed by atoms with Gasteiger partial charge in [-0.15, -0.1) is 0 Å². The zero-order chi connectivity index (χ0) is 18.6. The fraction of sp³-hybridized carbons (Fsp3) is 0.600. The molecule has 1 fully saturated rings. The van der Waals surface area contributed by atoms with Gasteiger partial charge in [0.15, 0.2) is 0 Å². The second kappa shape index (κ2) is 8.48. The monoisotopic (exact) mass is 345 g/mol. The molecule has 1 aromatic carbocycles. The van der Waals surface area contributed by atoms with Crippen molar-refractivity contribution in [2.45, 2.75) is 53.1 Å². The molecule has 0 spiro atoms. The van der Waals surface area contributed by atoms with Crippen LogP contribution in [0.1, 0.15) is 51.8 Å². The van der Waals surface area contributed by atoms with E-state index in [4.69, 9.17) is 0 Å². The van der Waals surface area contributed by atoms with Gasteiger partial charge in [0, 0.05) is 19.1 Å². The van der Waals surface area contributed by atoms with Gasteiger partial charge >= 0.3 is 6.03 Å². The molecular weight excluding hydrogens is 314 g/mol. The van der Waals surface area contributed by atoms with Gasteiger partial charge in [-0.1, -0.05) is 52.0 Å². The summed E-state index contributed by atoms with van der Waals surface area (Å²) in [6.45, 7) is 11.5. The summed E-state index contributed by atoms with van der Waals surface area (Å²) in [5, 5.41) is 6.09. The molecule has 5 heteroatoms. The maximum absolute atomic E-state index is 12.5. The van der Waals surface area contributed by atoms with Gasteiger partial charge in [0.1, 0.15) is 0 Å². The van der Waals surface area contributed by atoms with E-state index in [0.29, 0.717) is 24.9 Å². The minimum atomic E-state index is -0.411. The third-order valence-electron chi connectivity index (χ3n) is 4.57. The molecule has 0 aliphatic carbocycles. The Balaban J connectivity index is 2.07. The molecule has 0 unspecified atom stereocenters. The number of nitrogens with one attached hydrogen (secondary N) is 2. The summed E-state index contributed by atoms with van der Waals surface area (Å²) >= 11 is 0. The Bertz CT molecular complexity index is 595. The van der Waals surface area contributed by atoms with Crippen molar-refractivity contribution in [3.8, 4) is 0 Å². The second-order valence-corrected chi connectivity index (χ2v) is 7.67. The molecule has 1 aromatic rings. The summed E-state index contributed by atoms with van der Waals surface area (Å²) in [6.07, 6.45) is 1.07. The maximum Gasteiger partial charge on any atom is 0.324 e. The molecule has 1 saturated heterocycles. The van der Waals surface area contributed by atoms with Gasteiger partial charge in [-0.25, -0.2) is 4.79 Å². The number of rotatable bonds is 7. The van der Waals surface area contributed by atoms with Gasteiger partial charge in [0.05, 0.1) is 6.04 Å². The summed E-state index contributed by atoms with van der Waals surface area (Å²) in [5.41, 5.74) is 2.51. The highest BCUT2D eigenvalue weighted by molar-refractivity contribution is 5.98. The number of imide groups is 1. The van der Waals surface area contributed by atoms with Gasteiger partial charge in [-0.05, 0) is 36.3 Å². The third kappa shape index (κ3) is 5.05. The van der Waals surface area contributed by atoms with Crippen molar-refractivity contribution < 1.29 is 9.59 Å². The summed E-state index contributed by atoms with van der Waals surface area (Å²) < 4.78 is 0. The van der Waals surface area contributed by atoms with E-state index in [-0.39, 0.29) is 18.0 Å². The Labute approximate surface area is 151 Å². The van der Waals surface area contributed by atoms with Crippen molar-refractivity contribution >= 4 is 11.9 Å². The SMILES string of the molecule is CC(C)Cc1ccc([C@H](N[C@H](C)C(=O)N2CCNC2=O)C(C)C)cc1. The molecule has 3 amide bonds. The maximum atomic E-state index is 12.5.